The first-order valence-electron chi connectivity index (χ1n) is 5.82. The van der Waals surface area contributed by atoms with Crippen LogP contribution >= 0.6 is 0 Å². The average molecular weight is 223 g/mol. The number of morpholine rings is 1. The van der Waals surface area contributed by atoms with Crippen molar-refractivity contribution in [1.29, 1.82) is 0 Å². The molecule has 0 amide bonds. The summed E-state index contributed by atoms with van der Waals surface area (Å²) in [6.45, 7) is 9.31. The van der Waals surface area contributed by atoms with E-state index in [-0.39, 0.29) is 0 Å². The van der Waals surface area contributed by atoms with Crippen LogP contribution in [0, 0.1) is 6.92 Å². The molecule has 0 radical (unpaired) electrons. The first-order chi connectivity index (χ1) is 7.77. The molecule has 0 spiro atoms. The Morgan fingerprint density at radius 2 is 1.94 bits per heavy atom. The van der Waals surface area contributed by atoms with Gasteiger partial charge < -0.3 is 15.4 Å². The number of aryl methyl sites for hydroxylation is 1. The fourth-order valence-electron chi connectivity index (χ4n) is 1.49. The zero-order valence-electron chi connectivity index (χ0n) is 10.4. The maximum atomic E-state index is 5.83. The van der Waals surface area contributed by atoms with Crippen LogP contribution in [0.2, 0.25) is 0 Å². The van der Waals surface area contributed by atoms with Crippen LogP contribution in [0.15, 0.2) is 12.3 Å². The van der Waals surface area contributed by atoms with Crippen molar-refractivity contribution in [2.45, 2.75) is 20.8 Å². The molecule has 0 unspecified atom stereocenters. The molecule has 0 aliphatic carbocycles. The van der Waals surface area contributed by atoms with Crippen molar-refractivity contribution < 1.29 is 4.74 Å². The lowest BCUT2D eigenvalue weighted by molar-refractivity contribution is 0.122. The molecule has 1 aliphatic heterocycles. The smallest absolute Gasteiger partial charge is 0.130 e. The number of hydrogen-bond donors (Lipinski definition) is 1. The summed E-state index contributed by atoms with van der Waals surface area (Å²) in [5, 5.41) is 0. The summed E-state index contributed by atoms with van der Waals surface area (Å²) < 4.78 is 5.27. The van der Waals surface area contributed by atoms with E-state index >= 15 is 0 Å². The number of anilines is 2. The van der Waals surface area contributed by atoms with E-state index < -0.39 is 0 Å². The largest absolute Gasteiger partial charge is 0.398 e. The molecular weight excluding hydrogens is 202 g/mol. The summed E-state index contributed by atoms with van der Waals surface area (Å²) in [4.78, 5) is 6.55. The van der Waals surface area contributed by atoms with Gasteiger partial charge >= 0.3 is 0 Å². The Labute approximate surface area is 97.4 Å². The van der Waals surface area contributed by atoms with Gasteiger partial charge in [-0.05, 0) is 12.5 Å². The average Bonchev–Trinajstić information content (AvgIpc) is 2.36. The zero-order chi connectivity index (χ0) is 12.0. The second-order valence-electron chi connectivity index (χ2n) is 3.50. The van der Waals surface area contributed by atoms with Gasteiger partial charge in [0.1, 0.15) is 5.82 Å². The molecule has 1 saturated heterocycles. The van der Waals surface area contributed by atoms with Gasteiger partial charge in [-0.2, -0.15) is 0 Å². The summed E-state index contributed by atoms with van der Waals surface area (Å²) in [5.41, 5.74) is 7.67. The maximum Gasteiger partial charge on any atom is 0.130 e. The number of nitrogens with two attached hydrogens (primary N) is 1. The Bertz CT molecular complexity index is 322. The molecule has 1 fully saturated rings. The SMILES string of the molecule is CC.Cc1cnc(N2CCOCC2)cc1N. The topological polar surface area (TPSA) is 51.4 Å². The van der Waals surface area contributed by atoms with E-state index in [4.69, 9.17) is 10.5 Å². The highest BCUT2D eigenvalue weighted by Gasteiger charge is 2.12. The summed E-state index contributed by atoms with van der Waals surface area (Å²) in [6.07, 6.45) is 1.82. The standard InChI is InChI=1S/C10H15N3O.C2H6/c1-8-7-12-10(6-9(8)11)13-2-4-14-5-3-13;1-2/h6-7H,2-5H2,1H3,(H2,11,12);1-2H3. The molecule has 2 rings (SSSR count). The number of aromatic nitrogens is 1. The maximum absolute atomic E-state index is 5.83. The highest BCUT2D eigenvalue weighted by molar-refractivity contribution is 5.54. The lowest BCUT2D eigenvalue weighted by atomic mass is 10.2. The van der Waals surface area contributed by atoms with Crippen molar-refractivity contribution in [3.8, 4) is 0 Å². The van der Waals surface area contributed by atoms with Crippen LogP contribution < -0.4 is 10.6 Å². The van der Waals surface area contributed by atoms with Crippen LogP contribution in [0.25, 0.3) is 0 Å². The van der Waals surface area contributed by atoms with Gasteiger partial charge in [0.25, 0.3) is 0 Å². The third-order valence-electron chi connectivity index (χ3n) is 2.47. The zero-order valence-corrected chi connectivity index (χ0v) is 10.4. The van der Waals surface area contributed by atoms with E-state index in [9.17, 15) is 0 Å². The fraction of sp³-hybridized carbons (Fsp3) is 0.583. The van der Waals surface area contributed by atoms with Gasteiger partial charge in [0, 0.05) is 31.0 Å². The van der Waals surface area contributed by atoms with Crippen LogP contribution in [0.4, 0.5) is 11.5 Å². The molecule has 1 aromatic rings. The number of nitrogens with zero attached hydrogens (tertiary/aromatic N) is 2. The van der Waals surface area contributed by atoms with Gasteiger partial charge in [0.15, 0.2) is 0 Å². The lowest BCUT2D eigenvalue weighted by Gasteiger charge is -2.28. The minimum atomic E-state index is 0.773. The molecule has 4 nitrogen and oxygen atoms in total. The van der Waals surface area contributed by atoms with Crippen molar-refractivity contribution >= 4 is 11.5 Å². The third kappa shape index (κ3) is 3.10. The van der Waals surface area contributed by atoms with Crippen molar-refractivity contribution in [1.82, 2.24) is 4.98 Å². The Kier molecular flexibility index (Phi) is 5.05. The van der Waals surface area contributed by atoms with Gasteiger partial charge in [0.05, 0.1) is 13.2 Å². The van der Waals surface area contributed by atoms with Gasteiger partial charge in [-0.1, -0.05) is 13.8 Å². The highest BCUT2D eigenvalue weighted by Crippen LogP contribution is 2.18. The van der Waals surface area contributed by atoms with Crippen LogP contribution in [0.1, 0.15) is 19.4 Å². The van der Waals surface area contributed by atoms with Crippen molar-refractivity contribution in [3.05, 3.63) is 17.8 Å². The summed E-state index contributed by atoms with van der Waals surface area (Å²) >= 11 is 0. The van der Waals surface area contributed by atoms with E-state index in [2.05, 4.69) is 9.88 Å². The molecular formula is C12H21N3O. The minimum absolute atomic E-state index is 0.773. The summed E-state index contributed by atoms with van der Waals surface area (Å²) in [6, 6.07) is 1.93. The summed E-state index contributed by atoms with van der Waals surface area (Å²) in [5.74, 6) is 0.955. The predicted molar refractivity (Wildman–Crippen MR) is 67.8 cm³/mol. The lowest BCUT2D eigenvalue weighted by Crippen LogP contribution is -2.36. The number of pyridine rings is 1. The predicted octanol–water partition coefficient (Wildman–Crippen LogP) is 1.84. The summed E-state index contributed by atoms with van der Waals surface area (Å²) in [7, 11) is 0. The monoisotopic (exact) mass is 223 g/mol. The van der Waals surface area contributed by atoms with E-state index in [1.807, 2.05) is 33.0 Å². The Hall–Kier alpha value is -1.29. The number of hydrogen-bond acceptors (Lipinski definition) is 4. The van der Waals surface area contributed by atoms with Gasteiger partial charge in [-0.25, -0.2) is 4.98 Å². The number of ether oxygens (including phenoxy) is 1. The van der Waals surface area contributed by atoms with Gasteiger partial charge in [-0.15, -0.1) is 0 Å². The molecule has 0 atom stereocenters. The first kappa shape index (κ1) is 12.8. The Balaban J connectivity index is 0.000000606. The molecule has 2 heterocycles. The van der Waals surface area contributed by atoms with Crippen LogP contribution in [0.3, 0.4) is 0 Å². The second kappa shape index (κ2) is 6.33. The molecule has 2 N–H and O–H groups in total. The normalized spacial score (nSPS) is 15.3. The molecule has 4 heteroatoms. The molecule has 0 aromatic carbocycles. The fourth-order valence-corrected chi connectivity index (χ4v) is 1.49. The third-order valence-corrected chi connectivity index (χ3v) is 2.47. The molecule has 0 saturated carbocycles. The van der Waals surface area contributed by atoms with Crippen molar-refractivity contribution in [2.75, 3.05) is 36.9 Å². The van der Waals surface area contributed by atoms with Gasteiger partial charge in [-0.3, -0.25) is 0 Å². The quantitative estimate of drug-likeness (QED) is 0.789. The Morgan fingerprint density at radius 1 is 1.31 bits per heavy atom. The Morgan fingerprint density at radius 3 is 2.50 bits per heavy atom. The number of rotatable bonds is 1. The first-order valence-corrected chi connectivity index (χ1v) is 5.82. The molecule has 16 heavy (non-hydrogen) atoms. The van der Waals surface area contributed by atoms with Crippen LogP contribution in [0.5, 0.6) is 0 Å². The van der Waals surface area contributed by atoms with Crippen molar-refractivity contribution in [3.63, 3.8) is 0 Å². The van der Waals surface area contributed by atoms with Crippen LogP contribution in [-0.4, -0.2) is 31.3 Å². The molecule has 90 valence electrons. The molecule has 0 bridgehead atoms. The molecule has 1 aliphatic rings. The minimum Gasteiger partial charge on any atom is -0.398 e. The molecule has 1 aromatic heterocycles. The van der Waals surface area contributed by atoms with E-state index in [1.54, 1.807) is 0 Å². The van der Waals surface area contributed by atoms with E-state index in [0.29, 0.717) is 0 Å². The van der Waals surface area contributed by atoms with Gasteiger partial charge in [0.2, 0.25) is 0 Å². The van der Waals surface area contributed by atoms with Crippen molar-refractivity contribution in [2.24, 2.45) is 0 Å². The second-order valence-corrected chi connectivity index (χ2v) is 3.50. The van der Waals surface area contributed by atoms with E-state index in [1.165, 1.54) is 0 Å². The highest BCUT2D eigenvalue weighted by atomic mass is 16.5. The van der Waals surface area contributed by atoms with Crippen LogP contribution in [-0.2, 0) is 4.74 Å². The van der Waals surface area contributed by atoms with E-state index in [0.717, 1.165) is 43.4 Å². The number of nitrogen functional groups attached to an aromatic ring is 1.